The average molecular weight is 246 g/mol. The maximum atomic E-state index is 12.8. The van der Waals surface area contributed by atoms with E-state index in [1.54, 1.807) is 0 Å². The van der Waals surface area contributed by atoms with Gasteiger partial charge in [-0.05, 0) is 31.0 Å². The predicted molar refractivity (Wildman–Crippen MR) is 53.1 cm³/mol. The molecule has 92 valence electrons. The van der Waals surface area contributed by atoms with Gasteiger partial charge in [0, 0.05) is 11.5 Å². The second-order valence-electron chi connectivity index (χ2n) is 4.18. The Kier molecular flexibility index (Phi) is 2.93. The van der Waals surface area contributed by atoms with Gasteiger partial charge >= 0.3 is 6.18 Å². The van der Waals surface area contributed by atoms with Crippen LogP contribution < -0.4 is 0 Å². The van der Waals surface area contributed by atoms with Crippen molar-refractivity contribution < 1.29 is 22.4 Å². The maximum Gasteiger partial charge on any atom is 0.417 e. The molecular weight excluding hydrogens is 236 g/mol. The van der Waals surface area contributed by atoms with Gasteiger partial charge in [-0.25, -0.2) is 4.39 Å². The summed E-state index contributed by atoms with van der Waals surface area (Å²) in [6.45, 7) is 0. The molecule has 5 heteroatoms. The molecule has 0 aliphatic heterocycles. The standard InChI is InChI=1S/C12H10F4O/c13-8-4-5-9(10(6-8)12(14,15)16)11(17)7-2-1-3-7/h4-7H,1-3H2. The molecule has 17 heavy (non-hydrogen) atoms. The lowest BCUT2D eigenvalue weighted by Crippen LogP contribution is -2.25. The molecule has 1 aliphatic carbocycles. The fourth-order valence-electron chi connectivity index (χ4n) is 1.86. The molecule has 1 nitrogen and oxygen atoms in total. The summed E-state index contributed by atoms with van der Waals surface area (Å²) in [7, 11) is 0. The molecule has 0 atom stereocenters. The van der Waals surface area contributed by atoms with Gasteiger partial charge in [0.1, 0.15) is 5.82 Å². The van der Waals surface area contributed by atoms with E-state index in [0.29, 0.717) is 18.9 Å². The van der Waals surface area contributed by atoms with Crippen LogP contribution in [0.1, 0.15) is 35.2 Å². The molecule has 0 radical (unpaired) electrons. The molecule has 0 saturated heterocycles. The van der Waals surface area contributed by atoms with Crippen molar-refractivity contribution in [3.63, 3.8) is 0 Å². The fourth-order valence-corrected chi connectivity index (χ4v) is 1.86. The highest BCUT2D eigenvalue weighted by atomic mass is 19.4. The Bertz CT molecular complexity index is 446. The molecule has 0 spiro atoms. The Morgan fingerprint density at radius 2 is 1.88 bits per heavy atom. The summed E-state index contributed by atoms with van der Waals surface area (Å²) < 4.78 is 50.8. The number of benzene rings is 1. The van der Waals surface area contributed by atoms with Crippen molar-refractivity contribution in [1.82, 2.24) is 0 Å². The van der Waals surface area contributed by atoms with Crippen LogP contribution in [-0.2, 0) is 6.18 Å². The summed E-state index contributed by atoms with van der Waals surface area (Å²) in [4.78, 5) is 11.8. The molecule has 1 fully saturated rings. The van der Waals surface area contributed by atoms with Gasteiger partial charge in [-0.3, -0.25) is 4.79 Å². The molecule has 0 bridgehead atoms. The molecule has 1 aliphatic rings. The van der Waals surface area contributed by atoms with Gasteiger partial charge in [0.25, 0.3) is 0 Å². The van der Waals surface area contributed by atoms with Gasteiger partial charge in [-0.1, -0.05) is 6.42 Å². The molecule has 2 rings (SSSR count). The Hall–Kier alpha value is -1.39. The van der Waals surface area contributed by atoms with Crippen LogP contribution in [0.5, 0.6) is 0 Å². The lowest BCUT2D eigenvalue weighted by atomic mass is 9.79. The summed E-state index contributed by atoms with van der Waals surface area (Å²) in [5.74, 6) is -1.84. The van der Waals surface area contributed by atoms with Crippen molar-refractivity contribution in [3.05, 3.63) is 35.1 Å². The topological polar surface area (TPSA) is 17.1 Å². The van der Waals surface area contributed by atoms with E-state index in [0.717, 1.165) is 18.6 Å². The van der Waals surface area contributed by atoms with Gasteiger partial charge in [-0.15, -0.1) is 0 Å². The number of halogens is 4. The van der Waals surface area contributed by atoms with E-state index >= 15 is 0 Å². The maximum absolute atomic E-state index is 12.8. The molecule has 0 N–H and O–H groups in total. The van der Waals surface area contributed by atoms with Crippen molar-refractivity contribution in [1.29, 1.82) is 0 Å². The van der Waals surface area contributed by atoms with E-state index in [1.807, 2.05) is 0 Å². The lowest BCUT2D eigenvalue weighted by molar-refractivity contribution is -0.138. The lowest BCUT2D eigenvalue weighted by Gasteiger charge is -2.25. The Morgan fingerprint density at radius 1 is 1.24 bits per heavy atom. The molecule has 1 aromatic carbocycles. The normalized spacial score (nSPS) is 16.7. The zero-order chi connectivity index (χ0) is 12.6. The monoisotopic (exact) mass is 246 g/mol. The van der Waals surface area contributed by atoms with E-state index in [2.05, 4.69) is 0 Å². The van der Waals surface area contributed by atoms with Gasteiger partial charge in [0.05, 0.1) is 5.56 Å². The summed E-state index contributed by atoms with van der Waals surface area (Å²) in [6.07, 6.45) is -2.60. The Morgan fingerprint density at radius 3 is 2.35 bits per heavy atom. The number of hydrogen-bond acceptors (Lipinski definition) is 1. The SMILES string of the molecule is O=C(c1ccc(F)cc1C(F)(F)F)C1CCC1. The number of ketones is 1. The van der Waals surface area contributed by atoms with Crippen LogP contribution in [0.15, 0.2) is 18.2 Å². The summed E-state index contributed by atoms with van der Waals surface area (Å²) >= 11 is 0. The highest BCUT2D eigenvalue weighted by Crippen LogP contribution is 2.36. The minimum Gasteiger partial charge on any atom is -0.294 e. The van der Waals surface area contributed by atoms with Crippen molar-refractivity contribution in [2.45, 2.75) is 25.4 Å². The third-order valence-electron chi connectivity index (χ3n) is 3.03. The highest BCUT2D eigenvalue weighted by molar-refractivity contribution is 5.99. The number of carbonyl (C=O) groups is 1. The fraction of sp³-hybridized carbons (Fsp3) is 0.417. The largest absolute Gasteiger partial charge is 0.417 e. The van der Waals surface area contributed by atoms with Crippen molar-refractivity contribution in [2.24, 2.45) is 5.92 Å². The van der Waals surface area contributed by atoms with Gasteiger partial charge < -0.3 is 0 Å². The number of alkyl halides is 3. The second kappa shape index (κ2) is 4.13. The van der Waals surface area contributed by atoms with Gasteiger partial charge in [0.2, 0.25) is 0 Å². The van der Waals surface area contributed by atoms with E-state index in [9.17, 15) is 22.4 Å². The molecular formula is C12H10F4O. The summed E-state index contributed by atoms with van der Waals surface area (Å²) in [5.41, 5.74) is -1.59. The van der Waals surface area contributed by atoms with Crippen LogP contribution in [0.4, 0.5) is 17.6 Å². The Balaban J connectivity index is 2.42. The van der Waals surface area contributed by atoms with E-state index in [4.69, 9.17) is 0 Å². The number of Topliss-reactive ketones (excluding diaryl/α,β-unsaturated/α-hetero) is 1. The molecule has 0 amide bonds. The smallest absolute Gasteiger partial charge is 0.294 e. The quantitative estimate of drug-likeness (QED) is 0.572. The summed E-state index contributed by atoms with van der Waals surface area (Å²) in [6, 6.07) is 2.20. The van der Waals surface area contributed by atoms with Crippen LogP contribution in [0.3, 0.4) is 0 Å². The highest BCUT2D eigenvalue weighted by Gasteiger charge is 2.38. The average Bonchev–Trinajstić information content (AvgIpc) is 2.13. The first-order valence-electron chi connectivity index (χ1n) is 5.30. The minimum atomic E-state index is -4.70. The van der Waals surface area contributed by atoms with Crippen LogP contribution >= 0.6 is 0 Å². The second-order valence-corrected chi connectivity index (χ2v) is 4.18. The van der Waals surface area contributed by atoms with Crippen LogP contribution in [0.25, 0.3) is 0 Å². The summed E-state index contributed by atoms with van der Waals surface area (Å²) in [5, 5.41) is 0. The molecule has 1 aromatic rings. The van der Waals surface area contributed by atoms with Crippen LogP contribution in [0.2, 0.25) is 0 Å². The van der Waals surface area contributed by atoms with Gasteiger partial charge in [0.15, 0.2) is 5.78 Å². The van der Waals surface area contributed by atoms with Gasteiger partial charge in [-0.2, -0.15) is 13.2 Å². The van der Waals surface area contributed by atoms with Crippen molar-refractivity contribution in [3.8, 4) is 0 Å². The predicted octanol–water partition coefficient (Wildman–Crippen LogP) is 3.83. The third-order valence-corrected chi connectivity index (χ3v) is 3.03. The molecule has 0 unspecified atom stereocenters. The number of hydrogen-bond donors (Lipinski definition) is 0. The molecule has 0 heterocycles. The molecule has 1 saturated carbocycles. The van der Waals surface area contributed by atoms with Crippen LogP contribution in [-0.4, -0.2) is 5.78 Å². The van der Waals surface area contributed by atoms with Crippen molar-refractivity contribution >= 4 is 5.78 Å². The van der Waals surface area contributed by atoms with E-state index in [1.165, 1.54) is 0 Å². The molecule has 0 aromatic heterocycles. The first-order valence-corrected chi connectivity index (χ1v) is 5.30. The van der Waals surface area contributed by atoms with Crippen LogP contribution in [0, 0.1) is 11.7 Å². The number of rotatable bonds is 2. The van der Waals surface area contributed by atoms with Crippen molar-refractivity contribution in [2.75, 3.05) is 0 Å². The zero-order valence-corrected chi connectivity index (χ0v) is 8.85. The first-order chi connectivity index (χ1) is 7.89. The van der Waals surface area contributed by atoms with E-state index in [-0.39, 0.29) is 5.92 Å². The Labute approximate surface area is 95.4 Å². The third kappa shape index (κ3) is 2.33. The minimum absolute atomic E-state index is 0.332. The first kappa shape index (κ1) is 12.1. The zero-order valence-electron chi connectivity index (χ0n) is 8.85. The number of carbonyl (C=O) groups excluding carboxylic acids is 1. The van der Waals surface area contributed by atoms with E-state index < -0.39 is 28.9 Å².